The smallest absolute Gasteiger partial charge is 0.0593 e. The van der Waals surface area contributed by atoms with Gasteiger partial charge in [0.1, 0.15) is 0 Å². The largest absolute Gasteiger partial charge is 0.378 e. The first kappa shape index (κ1) is 14.6. The fraction of sp³-hybridized carbons (Fsp3) is 0.750. The lowest BCUT2D eigenvalue weighted by atomic mass is 10.1. The number of nitrogens with zero attached hydrogens (tertiary/aromatic N) is 1. The molecule has 2 heterocycles. The molecule has 19 heavy (non-hydrogen) atoms. The predicted molar refractivity (Wildman–Crippen MR) is 79.3 cm³/mol. The molecule has 0 radical (unpaired) electrons. The maximum Gasteiger partial charge on any atom is 0.0593 e. The molecule has 1 aromatic heterocycles. The third-order valence-corrected chi connectivity index (χ3v) is 3.94. The Bertz CT molecular complexity index is 349. The van der Waals surface area contributed by atoms with Crippen LogP contribution >= 0.6 is 0 Å². The summed E-state index contributed by atoms with van der Waals surface area (Å²) in [7, 11) is 0. The summed E-state index contributed by atoms with van der Waals surface area (Å²) in [6.45, 7) is 7.50. The summed E-state index contributed by atoms with van der Waals surface area (Å²) in [5, 5.41) is 3.57. The first-order valence-corrected chi connectivity index (χ1v) is 7.84. The van der Waals surface area contributed by atoms with Crippen molar-refractivity contribution < 1.29 is 4.74 Å². The summed E-state index contributed by atoms with van der Waals surface area (Å²) >= 11 is 0. The molecule has 0 amide bonds. The van der Waals surface area contributed by atoms with Gasteiger partial charge in [-0.3, -0.25) is 0 Å². The Kier molecular flexibility index (Phi) is 5.93. The Morgan fingerprint density at radius 1 is 1.47 bits per heavy atom. The van der Waals surface area contributed by atoms with Gasteiger partial charge in [-0.25, -0.2) is 0 Å². The van der Waals surface area contributed by atoms with E-state index in [1.165, 1.54) is 31.2 Å². The maximum atomic E-state index is 5.68. The number of nitrogens with one attached hydrogen (secondary N) is 1. The Morgan fingerprint density at radius 3 is 3.05 bits per heavy atom. The van der Waals surface area contributed by atoms with Crippen molar-refractivity contribution in [3.8, 4) is 0 Å². The van der Waals surface area contributed by atoms with Gasteiger partial charge in [0.2, 0.25) is 0 Å². The van der Waals surface area contributed by atoms with Gasteiger partial charge in [-0.1, -0.05) is 20.3 Å². The van der Waals surface area contributed by atoms with Gasteiger partial charge in [0.25, 0.3) is 0 Å². The molecule has 1 aliphatic heterocycles. The Labute approximate surface area is 117 Å². The Morgan fingerprint density at radius 2 is 2.37 bits per heavy atom. The highest BCUT2D eigenvalue weighted by Crippen LogP contribution is 2.20. The molecule has 2 unspecified atom stereocenters. The van der Waals surface area contributed by atoms with Gasteiger partial charge < -0.3 is 14.6 Å². The van der Waals surface area contributed by atoms with Crippen molar-refractivity contribution in [2.24, 2.45) is 0 Å². The second-order valence-electron chi connectivity index (χ2n) is 5.51. The SMILES string of the molecule is CCCC(NCC)c1ccn(CCC2CCCO2)c1. The van der Waals surface area contributed by atoms with Gasteiger partial charge in [-0.15, -0.1) is 0 Å². The van der Waals surface area contributed by atoms with Crippen molar-refractivity contribution in [1.29, 1.82) is 0 Å². The summed E-state index contributed by atoms with van der Waals surface area (Å²) < 4.78 is 8.00. The molecule has 0 aliphatic carbocycles. The number of ether oxygens (including phenoxy) is 1. The molecule has 1 aromatic rings. The van der Waals surface area contributed by atoms with E-state index < -0.39 is 0 Å². The molecule has 2 rings (SSSR count). The van der Waals surface area contributed by atoms with E-state index in [2.05, 4.69) is 42.2 Å². The standard InChI is InChI=1S/C16H28N2O/c1-3-6-16(17-4-2)14-8-10-18(13-14)11-9-15-7-5-12-19-15/h8,10,13,15-17H,3-7,9,11-12H2,1-2H3. The minimum atomic E-state index is 0.492. The average molecular weight is 264 g/mol. The highest BCUT2D eigenvalue weighted by Gasteiger charge is 2.15. The lowest BCUT2D eigenvalue weighted by Gasteiger charge is -2.15. The van der Waals surface area contributed by atoms with E-state index in [0.29, 0.717) is 12.1 Å². The van der Waals surface area contributed by atoms with Crippen LogP contribution in [0.3, 0.4) is 0 Å². The second kappa shape index (κ2) is 7.71. The van der Waals surface area contributed by atoms with Crippen LogP contribution < -0.4 is 5.32 Å². The number of hydrogen-bond donors (Lipinski definition) is 1. The van der Waals surface area contributed by atoms with Gasteiger partial charge >= 0.3 is 0 Å². The van der Waals surface area contributed by atoms with E-state index in [9.17, 15) is 0 Å². The molecular weight excluding hydrogens is 236 g/mol. The van der Waals surface area contributed by atoms with Gasteiger partial charge in [0, 0.05) is 31.6 Å². The second-order valence-corrected chi connectivity index (χ2v) is 5.51. The number of rotatable bonds is 8. The van der Waals surface area contributed by atoms with Crippen molar-refractivity contribution in [2.75, 3.05) is 13.2 Å². The van der Waals surface area contributed by atoms with Crippen LogP contribution in [0.15, 0.2) is 18.5 Å². The molecule has 108 valence electrons. The quantitative estimate of drug-likeness (QED) is 0.777. The van der Waals surface area contributed by atoms with E-state index in [1.54, 1.807) is 0 Å². The van der Waals surface area contributed by atoms with Crippen molar-refractivity contribution >= 4 is 0 Å². The lowest BCUT2D eigenvalue weighted by molar-refractivity contribution is 0.100. The molecule has 3 nitrogen and oxygen atoms in total. The zero-order chi connectivity index (χ0) is 13.5. The van der Waals surface area contributed by atoms with Crippen molar-refractivity contribution in [3.05, 3.63) is 24.0 Å². The summed E-state index contributed by atoms with van der Waals surface area (Å²) in [5.41, 5.74) is 1.43. The monoisotopic (exact) mass is 264 g/mol. The molecule has 3 heteroatoms. The minimum Gasteiger partial charge on any atom is -0.378 e. The third kappa shape index (κ3) is 4.36. The normalized spacial score (nSPS) is 20.8. The van der Waals surface area contributed by atoms with E-state index in [4.69, 9.17) is 4.74 Å². The van der Waals surface area contributed by atoms with Crippen LogP contribution in [0.4, 0.5) is 0 Å². The van der Waals surface area contributed by atoms with Crippen LogP contribution in [0.5, 0.6) is 0 Å². The van der Waals surface area contributed by atoms with Crippen molar-refractivity contribution in [1.82, 2.24) is 9.88 Å². The molecule has 0 aromatic carbocycles. The van der Waals surface area contributed by atoms with Crippen LogP contribution in [0.25, 0.3) is 0 Å². The first-order chi connectivity index (χ1) is 9.33. The molecule has 1 N–H and O–H groups in total. The molecule has 0 bridgehead atoms. The van der Waals surface area contributed by atoms with Crippen LogP contribution in [0.2, 0.25) is 0 Å². The summed E-state index contributed by atoms with van der Waals surface area (Å²) in [6, 6.07) is 2.78. The fourth-order valence-corrected chi connectivity index (χ4v) is 2.89. The summed E-state index contributed by atoms with van der Waals surface area (Å²) in [5.74, 6) is 0. The molecular formula is C16H28N2O. The minimum absolute atomic E-state index is 0.492. The summed E-state index contributed by atoms with van der Waals surface area (Å²) in [6.07, 6.45) is 11.1. The zero-order valence-electron chi connectivity index (χ0n) is 12.4. The topological polar surface area (TPSA) is 26.2 Å². The number of aromatic nitrogens is 1. The van der Waals surface area contributed by atoms with E-state index in [-0.39, 0.29) is 0 Å². The van der Waals surface area contributed by atoms with Gasteiger partial charge in [-0.2, -0.15) is 0 Å². The van der Waals surface area contributed by atoms with E-state index in [0.717, 1.165) is 26.1 Å². The number of aryl methyl sites for hydroxylation is 1. The van der Waals surface area contributed by atoms with Gasteiger partial charge in [0.05, 0.1) is 6.10 Å². The first-order valence-electron chi connectivity index (χ1n) is 7.84. The molecule has 1 fully saturated rings. The van der Waals surface area contributed by atoms with Crippen LogP contribution in [-0.2, 0) is 11.3 Å². The zero-order valence-corrected chi connectivity index (χ0v) is 12.4. The van der Waals surface area contributed by atoms with Crippen LogP contribution in [0.1, 0.15) is 57.6 Å². The average Bonchev–Trinajstić information content (AvgIpc) is 3.07. The fourth-order valence-electron chi connectivity index (χ4n) is 2.89. The Balaban J connectivity index is 1.85. The third-order valence-electron chi connectivity index (χ3n) is 3.94. The van der Waals surface area contributed by atoms with E-state index >= 15 is 0 Å². The van der Waals surface area contributed by atoms with Crippen LogP contribution in [0, 0.1) is 0 Å². The van der Waals surface area contributed by atoms with Crippen molar-refractivity contribution in [2.45, 2.75) is 64.6 Å². The summed E-state index contributed by atoms with van der Waals surface area (Å²) in [4.78, 5) is 0. The predicted octanol–water partition coefficient (Wildman–Crippen LogP) is 3.51. The highest BCUT2D eigenvalue weighted by atomic mass is 16.5. The number of hydrogen-bond acceptors (Lipinski definition) is 2. The lowest BCUT2D eigenvalue weighted by Crippen LogP contribution is -2.20. The molecule has 1 aliphatic rings. The highest BCUT2D eigenvalue weighted by molar-refractivity contribution is 5.15. The van der Waals surface area contributed by atoms with Crippen LogP contribution in [-0.4, -0.2) is 23.8 Å². The Hall–Kier alpha value is -0.800. The van der Waals surface area contributed by atoms with Gasteiger partial charge in [-0.05, 0) is 43.9 Å². The maximum absolute atomic E-state index is 5.68. The molecule has 1 saturated heterocycles. The van der Waals surface area contributed by atoms with Gasteiger partial charge in [0.15, 0.2) is 0 Å². The van der Waals surface area contributed by atoms with Crippen molar-refractivity contribution in [3.63, 3.8) is 0 Å². The molecule has 0 spiro atoms. The molecule has 0 saturated carbocycles. The molecule has 2 atom stereocenters. The van der Waals surface area contributed by atoms with E-state index in [1.807, 2.05) is 0 Å².